The van der Waals surface area contributed by atoms with E-state index in [1.165, 1.54) is 0 Å². The van der Waals surface area contributed by atoms with Crippen LogP contribution in [0.3, 0.4) is 0 Å². The third kappa shape index (κ3) is 4.37. The van der Waals surface area contributed by atoms with Gasteiger partial charge in [0.2, 0.25) is 5.91 Å². The van der Waals surface area contributed by atoms with Crippen LogP contribution in [-0.4, -0.2) is 67.4 Å². The average molecular weight is 442 g/mol. The minimum absolute atomic E-state index is 0.00576. The minimum atomic E-state index is -0.150. The number of hydrogen-bond donors (Lipinski definition) is 0. The van der Waals surface area contributed by atoms with Crippen molar-refractivity contribution >= 4 is 35.0 Å². The van der Waals surface area contributed by atoms with Crippen LogP contribution >= 0.6 is 11.6 Å². The zero-order chi connectivity index (χ0) is 22.0. The maximum Gasteiger partial charge on any atom is 0.256 e. The molecule has 0 spiro atoms. The summed E-state index contributed by atoms with van der Waals surface area (Å²) in [5.41, 5.74) is 1.62. The van der Waals surface area contributed by atoms with Gasteiger partial charge in [0.1, 0.15) is 5.75 Å². The van der Waals surface area contributed by atoms with Crippen LogP contribution in [0.4, 0.5) is 5.69 Å². The summed E-state index contributed by atoms with van der Waals surface area (Å²) in [6, 6.07) is 12.0. The van der Waals surface area contributed by atoms with Gasteiger partial charge in [-0.25, -0.2) is 0 Å². The Labute approximate surface area is 186 Å². The molecule has 0 bridgehead atoms. The molecule has 31 heavy (non-hydrogen) atoms. The smallest absolute Gasteiger partial charge is 0.256 e. The first kappa shape index (κ1) is 21.2. The van der Waals surface area contributed by atoms with E-state index in [-0.39, 0.29) is 17.7 Å². The standard InChI is InChI=1S/C23H24ClN3O4/c1-31-18-7-4-16(5-8-18)22(29)25-11-13-26(14-12-25)23(30)19-9-6-17(24)15-20(19)27-10-2-3-21(27)28/h4-9,15H,2-3,10-14H2,1H3. The van der Waals surface area contributed by atoms with Gasteiger partial charge >= 0.3 is 0 Å². The third-order valence-corrected chi connectivity index (χ3v) is 5.98. The summed E-state index contributed by atoms with van der Waals surface area (Å²) >= 11 is 6.15. The van der Waals surface area contributed by atoms with E-state index in [9.17, 15) is 14.4 Å². The number of halogens is 1. The molecule has 162 valence electrons. The lowest BCUT2D eigenvalue weighted by Gasteiger charge is -2.35. The molecule has 0 radical (unpaired) electrons. The van der Waals surface area contributed by atoms with Gasteiger partial charge < -0.3 is 19.4 Å². The van der Waals surface area contributed by atoms with Gasteiger partial charge in [0, 0.05) is 49.7 Å². The van der Waals surface area contributed by atoms with E-state index in [0.29, 0.717) is 66.7 Å². The maximum atomic E-state index is 13.2. The summed E-state index contributed by atoms with van der Waals surface area (Å²) in [7, 11) is 1.58. The Balaban J connectivity index is 1.45. The molecule has 0 atom stereocenters. The molecule has 2 saturated heterocycles. The van der Waals surface area contributed by atoms with Crippen molar-refractivity contribution in [3.8, 4) is 5.75 Å². The number of carbonyl (C=O) groups excluding carboxylic acids is 3. The van der Waals surface area contributed by atoms with Gasteiger partial charge in [-0.1, -0.05) is 11.6 Å². The second-order valence-electron chi connectivity index (χ2n) is 7.62. The van der Waals surface area contributed by atoms with Gasteiger partial charge in [-0.15, -0.1) is 0 Å². The highest BCUT2D eigenvalue weighted by atomic mass is 35.5. The molecule has 0 aliphatic carbocycles. The highest BCUT2D eigenvalue weighted by Crippen LogP contribution is 2.30. The third-order valence-electron chi connectivity index (χ3n) is 5.75. The summed E-state index contributed by atoms with van der Waals surface area (Å²) in [5, 5.41) is 0.487. The number of ether oxygens (including phenoxy) is 1. The van der Waals surface area contributed by atoms with Crippen LogP contribution in [0, 0.1) is 0 Å². The lowest BCUT2D eigenvalue weighted by Crippen LogP contribution is -2.50. The van der Waals surface area contributed by atoms with Crippen molar-refractivity contribution in [2.75, 3.05) is 44.7 Å². The van der Waals surface area contributed by atoms with Crippen LogP contribution in [0.15, 0.2) is 42.5 Å². The molecule has 2 aromatic rings. The van der Waals surface area contributed by atoms with Crippen molar-refractivity contribution in [2.24, 2.45) is 0 Å². The SMILES string of the molecule is COc1ccc(C(=O)N2CCN(C(=O)c3ccc(Cl)cc3N3CCCC3=O)CC2)cc1. The molecule has 0 saturated carbocycles. The monoisotopic (exact) mass is 441 g/mol. The van der Waals surface area contributed by atoms with Gasteiger partial charge in [0.25, 0.3) is 11.8 Å². The molecule has 0 aromatic heterocycles. The van der Waals surface area contributed by atoms with Crippen molar-refractivity contribution in [3.05, 3.63) is 58.6 Å². The summed E-state index contributed by atoms with van der Waals surface area (Å²) in [5.74, 6) is 0.487. The second kappa shape index (κ2) is 8.98. The largest absolute Gasteiger partial charge is 0.497 e. The number of rotatable bonds is 4. The topological polar surface area (TPSA) is 70.2 Å². The quantitative estimate of drug-likeness (QED) is 0.731. The van der Waals surface area contributed by atoms with E-state index < -0.39 is 0 Å². The van der Waals surface area contributed by atoms with E-state index in [1.807, 2.05) is 0 Å². The van der Waals surface area contributed by atoms with Crippen molar-refractivity contribution in [2.45, 2.75) is 12.8 Å². The molecule has 2 fully saturated rings. The van der Waals surface area contributed by atoms with Crippen LogP contribution in [0.5, 0.6) is 5.75 Å². The van der Waals surface area contributed by atoms with E-state index >= 15 is 0 Å². The minimum Gasteiger partial charge on any atom is -0.497 e. The Hall–Kier alpha value is -3.06. The number of hydrogen-bond acceptors (Lipinski definition) is 4. The fourth-order valence-corrected chi connectivity index (χ4v) is 4.18. The van der Waals surface area contributed by atoms with Crippen LogP contribution in [0.25, 0.3) is 0 Å². The molecule has 0 N–H and O–H groups in total. The number of nitrogens with zero attached hydrogens (tertiary/aromatic N) is 3. The van der Waals surface area contributed by atoms with Gasteiger partial charge in [-0.05, 0) is 48.9 Å². The van der Waals surface area contributed by atoms with Gasteiger partial charge in [0.05, 0.1) is 18.4 Å². The zero-order valence-corrected chi connectivity index (χ0v) is 18.1. The molecule has 2 aliphatic heterocycles. The molecular weight excluding hydrogens is 418 g/mol. The number of anilines is 1. The number of carbonyl (C=O) groups is 3. The fourth-order valence-electron chi connectivity index (χ4n) is 4.01. The summed E-state index contributed by atoms with van der Waals surface area (Å²) in [6.07, 6.45) is 1.25. The predicted octanol–water partition coefficient (Wildman–Crippen LogP) is 3.07. The van der Waals surface area contributed by atoms with Crippen LogP contribution < -0.4 is 9.64 Å². The molecule has 2 aliphatic rings. The predicted molar refractivity (Wildman–Crippen MR) is 118 cm³/mol. The molecule has 2 heterocycles. The molecule has 2 aromatic carbocycles. The molecule has 7 nitrogen and oxygen atoms in total. The number of methoxy groups -OCH3 is 1. The van der Waals surface area contributed by atoms with Crippen LogP contribution in [0.1, 0.15) is 33.6 Å². The maximum absolute atomic E-state index is 13.2. The Morgan fingerprint density at radius 1 is 0.903 bits per heavy atom. The molecule has 0 unspecified atom stereocenters. The van der Waals surface area contributed by atoms with Crippen LogP contribution in [0.2, 0.25) is 5.02 Å². The van der Waals surface area contributed by atoms with Gasteiger partial charge in [-0.3, -0.25) is 14.4 Å². The van der Waals surface area contributed by atoms with Gasteiger partial charge in [-0.2, -0.15) is 0 Å². The molecule has 8 heteroatoms. The van der Waals surface area contributed by atoms with Crippen molar-refractivity contribution in [3.63, 3.8) is 0 Å². The fraction of sp³-hybridized carbons (Fsp3) is 0.348. The highest BCUT2D eigenvalue weighted by Gasteiger charge is 2.30. The second-order valence-corrected chi connectivity index (χ2v) is 8.06. The van der Waals surface area contributed by atoms with Crippen molar-refractivity contribution in [1.29, 1.82) is 0 Å². The Morgan fingerprint density at radius 2 is 1.55 bits per heavy atom. The number of benzene rings is 2. The number of amides is 3. The highest BCUT2D eigenvalue weighted by molar-refractivity contribution is 6.31. The molecule has 4 rings (SSSR count). The van der Waals surface area contributed by atoms with E-state index in [2.05, 4.69) is 0 Å². The summed E-state index contributed by atoms with van der Waals surface area (Å²) in [6.45, 7) is 2.33. The lowest BCUT2D eigenvalue weighted by molar-refractivity contribution is -0.117. The Morgan fingerprint density at radius 3 is 2.13 bits per heavy atom. The van der Waals surface area contributed by atoms with Gasteiger partial charge in [0.15, 0.2) is 0 Å². The van der Waals surface area contributed by atoms with Crippen molar-refractivity contribution in [1.82, 2.24) is 9.80 Å². The normalized spacial score (nSPS) is 16.6. The van der Waals surface area contributed by atoms with E-state index in [1.54, 1.807) is 64.3 Å². The van der Waals surface area contributed by atoms with Crippen molar-refractivity contribution < 1.29 is 19.1 Å². The lowest BCUT2D eigenvalue weighted by atomic mass is 10.1. The summed E-state index contributed by atoms with van der Waals surface area (Å²) < 4.78 is 5.14. The Kier molecular flexibility index (Phi) is 6.13. The number of piperazine rings is 1. The first-order valence-corrected chi connectivity index (χ1v) is 10.7. The first-order valence-electron chi connectivity index (χ1n) is 10.3. The first-order chi connectivity index (χ1) is 15.0. The molecule has 3 amide bonds. The zero-order valence-electron chi connectivity index (χ0n) is 17.3. The average Bonchev–Trinajstić information content (AvgIpc) is 3.24. The summed E-state index contributed by atoms with van der Waals surface area (Å²) in [4.78, 5) is 43.4. The van der Waals surface area contributed by atoms with Crippen LogP contribution in [-0.2, 0) is 4.79 Å². The van der Waals surface area contributed by atoms with E-state index in [4.69, 9.17) is 16.3 Å². The van der Waals surface area contributed by atoms with E-state index in [0.717, 1.165) is 6.42 Å². The molecular formula is C23H24ClN3O4. The Bertz CT molecular complexity index is 1000.